The lowest BCUT2D eigenvalue weighted by molar-refractivity contribution is -0.271. The van der Waals surface area contributed by atoms with Crippen LogP contribution in [0.25, 0.3) is 0 Å². The van der Waals surface area contributed by atoms with Crippen LogP contribution in [0, 0.1) is 0 Å². The number of Topliss-reactive ketones (excluding diaryl/α,β-unsaturated/α-hetero) is 1. The summed E-state index contributed by atoms with van der Waals surface area (Å²) in [6.45, 7) is 0. The zero-order chi connectivity index (χ0) is 20.4. The predicted molar refractivity (Wildman–Crippen MR) is 76.9 cm³/mol. The maximum Gasteiger partial charge on any atom is 0.416 e. The molecule has 0 saturated carbocycles. The van der Waals surface area contributed by atoms with Gasteiger partial charge in [0, 0.05) is 12.0 Å². The molecule has 0 heterocycles. The summed E-state index contributed by atoms with van der Waals surface area (Å²) in [6, 6.07) is 5.67. The van der Waals surface area contributed by atoms with E-state index in [0.717, 1.165) is 6.07 Å². The molecule has 0 spiro atoms. The van der Waals surface area contributed by atoms with E-state index in [2.05, 4.69) is 4.74 Å². The molecule has 0 fully saturated rings. The molecular weight excluding hydrogens is 382 g/mol. The molecule has 0 aromatic heterocycles. The van der Waals surface area contributed by atoms with E-state index in [1.807, 2.05) is 0 Å². The lowest BCUT2D eigenvalue weighted by Crippen LogP contribution is -2.27. The molecule has 0 amide bonds. The molecule has 4 nitrogen and oxygen atoms in total. The van der Waals surface area contributed by atoms with Crippen LogP contribution in [0.5, 0.6) is 5.75 Å². The second-order valence-corrected chi connectivity index (χ2v) is 5.35. The summed E-state index contributed by atoms with van der Waals surface area (Å²) in [5, 5.41) is 10.5. The number of alkyl halides is 6. The Kier molecular flexibility index (Phi) is 5.48. The van der Waals surface area contributed by atoms with Gasteiger partial charge in [-0.1, -0.05) is 18.2 Å². The van der Waals surface area contributed by atoms with Gasteiger partial charge in [0.1, 0.15) is 0 Å². The van der Waals surface area contributed by atoms with Crippen molar-refractivity contribution in [2.24, 2.45) is 0 Å². The van der Waals surface area contributed by atoms with Gasteiger partial charge in [0.2, 0.25) is 0 Å². The minimum atomic E-state index is -5.09. The number of carbonyl (C=O) groups excluding carboxylic acids is 2. The molecule has 0 unspecified atom stereocenters. The SMILES string of the molecule is O=C([O-])Oc1ccccc1CC(=O)c1cc(C(F)(F)F)cc(C(F)(F)F)c1. The summed E-state index contributed by atoms with van der Waals surface area (Å²) in [6.07, 6.45) is -12.8. The average Bonchev–Trinajstić information content (AvgIpc) is 2.54. The minimum absolute atomic E-state index is 0.0438. The molecule has 0 aliphatic carbocycles. The van der Waals surface area contributed by atoms with E-state index in [0.29, 0.717) is 12.1 Å². The van der Waals surface area contributed by atoms with Crippen LogP contribution in [0.15, 0.2) is 42.5 Å². The summed E-state index contributed by atoms with van der Waals surface area (Å²) < 4.78 is 81.5. The average molecular weight is 391 g/mol. The number of carboxylic acid groups (broad SMARTS) is 1. The normalized spacial score (nSPS) is 11.9. The maximum absolute atomic E-state index is 12.9. The second kappa shape index (κ2) is 7.29. The Labute approximate surface area is 148 Å². The van der Waals surface area contributed by atoms with Crippen molar-refractivity contribution in [1.82, 2.24) is 0 Å². The molecule has 0 bridgehead atoms. The van der Waals surface area contributed by atoms with E-state index in [1.165, 1.54) is 18.2 Å². The Balaban J connectivity index is 2.43. The highest BCUT2D eigenvalue weighted by Crippen LogP contribution is 2.36. The number of ether oxygens (including phenoxy) is 1. The molecule has 2 aromatic carbocycles. The fraction of sp³-hybridized carbons (Fsp3) is 0.176. The second-order valence-electron chi connectivity index (χ2n) is 5.35. The maximum atomic E-state index is 12.9. The Morgan fingerprint density at radius 1 is 0.889 bits per heavy atom. The first-order valence-electron chi connectivity index (χ1n) is 7.17. The molecule has 0 radical (unpaired) electrons. The highest BCUT2D eigenvalue weighted by atomic mass is 19.4. The van der Waals surface area contributed by atoms with Crippen LogP contribution < -0.4 is 9.84 Å². The van der Waals surface area contributed by atoms with Crippen molar-refractivity contribution in [1.29, 1.82) is 0 Å². The van der Waals surface area contributed by atoms with E-state index < -0.39 is 47.4 Å². The van der Waals surface area contributed by atoms with Gasteiger partial charge in [-0.15, -0.1) is 0 Å². The van der Waals surface area contributed by atoms with Crippen LogP contribution in [0.2, 0.25) is 0 Å². The smallest absolute Gasteiger partial charge is 0.416 e. The topological polar surface area (TPSA) is 66.4 Å². The number of carbonyl (C=O) groups is 2. The quantitative estimate of drug-likeness (QED) is 0.344. The fourth-order valence-electron chi connectivity index (χ4n) is 2.23. The number of hydrogen-bond acceptors (Lipinski definition) is 4. The number of ketones is 1. The van der Waals surface area contributed by atoms with Crippen LogP contribution in [-0.2, 0) is 18.8 Å². The molecule has 0 aliphatic rings. The number of para-hydroxylation sites is 1. The van der Waals surface area contributed by atoms with Gasteiger partial charge in [-0.2, -0.15) is 26.3 Å². The minimum Gasteiger partial charge on any atom is -0.514 e. The van der Waals surface area contributed by atoms with E-state index in [-0.39, 0.29) is 17.4 Å². The summed E-state index contributed by atoms with van der Waals surface area (Å²) >= 11 is 0. The number of benzene rings is 2. The van der Waals surface area contributed by atoms with E-state index in [9.17, 15) is 41.0 Å². The third-order valence-electron chi connectivity index (χ3n) is 3.43. The van der Waals surface area contributed by atoms with E-state index in [4.69, 9.17) is 0 Å². The van der Waals surface area contributed by atoms with Crippen LogP contribution in [-0.4, -0.2) is 11.9 Å². The van der Waals surface area contributed by atoms with Crippen LogP contribution in [0.4, 0.5) is 31.1 Å². The van der Waals surface area contributed by atoms with Crippen molar-refractivity contribution in [3.63, 3.8) is 0 Å². The summed E-state index contributed by atoms with van der Waals surface area (Å²) in [7, 11) is 0. The monoisotopic (exact) mass is 391 g/mol. The molecule has 0 N–H and O–H groups in total. The molecule has 0 atom stereocenters. The van der Waals surface area contributed by atoms with E-state index >= 15 is 0 Å². The third-order valence-corrected chi connectivity index (χ3v) is 3.43. The molecule has 2 rings (SSSR count). The predicted octanol–water partition coefficient (Wildman–Crippen LogP) is 3.87. The Morgan fingerprint density at radius 3 is 1.89 bits per heavy atom. The highest BCUT2D eigenvalue weighted by molar-refractivity contribution is 5.98. The molecule has 10 heteroatoms. The lowest BCUT2D eigenvalue weighted by atomic mass is 9.98. The Bertz CT molecular complexity index is 838. The fourth-order valence-corrected chi connectivity index (χ4v) is 2.23. The van der Waals surface area contributed by atoms with Crippen LogP contribution in [0.3, 0.4) is 0 Å². The van der Waals surface area contributed by atoms with Crippen molar-refractivity contribution >= 4 is 11.9 Å². The van der Waals surface area contributed by atoms with Crippen molar-refractivity contribution in [2.45, 2.75) is 18.8 Å². The molecule has 0 saturated heterocycles. The first-order valence-corrected chi connectivity index (χ1v) is 7.17. The van der Waals surface area contributed by atoms with Gasteiger partial charge in [0.25, 0.3) is 6.16 Å². The molecule has 2 aromatic rings. The lowest BCUT2D eigenvalue weighted by Gasteiger charge is -2.15. The van der Waals surface area contributed by atoms with Crippen LogP contribution in [0.1, 0.15) is 27.0 Å². The van der Waals surface area contributed by atoms with Crippen molar-refractivity contribution < 1.29 is 45.8 Å². The molecular formula is C17H9F6O4-. The summed E-state index contributed by atoms with van der Waals surface area (Å²) in [4.78, 5) is 22.8. The van der Waals surface area contributed by atoms with Gasteiger partial charge in [0.15, 0.2) is 5.78 Å². The first kappa shape index (κ1) is 20.3. The van der Waals surface area contributed by atoms with Gasteiger partial charge >= 0.3 is 12.4 Å². The van der Waals surface area contributed by atoms with Crippen molar-refractivity contribution in [3.05, 3.63) is 64.7 Å². The number of rotatable bonds is 4. The van der Waals surface area contributed by atoms with Crippen LogP contribution >= 0.6 is 0 Å². The third kappa shape index (κ3) is 5.22. The van der Waals surface area contributed by atoms with Gasteiger partial charge < -0.3 is 14.6 Å². The summed E-state index contributed by atoms with van der Waals surface area (Å²) in [5.41, 5.74) is -4.11. The zero-order valence-electron chi connectivity index (χ0n) is 13.1. The van der Waals surface area contributed by atoms with Gasteiger partial charge in [-0.3, -0.25) is 4.79 Å². The Morgan fingerprint density at radius 2 is 1.41 bits per heavy atom. The summed E-state index contributed by atoms with van der Waals surface area (Å²) in [5.74, 6) is -1.39. The standard InChI is InChI=1S/C17H10F6O4/c18-16(19,20)11-5-10(6-12(8-11)17(21,22)23)13(24)7-9-3-1-2-4-14(9)27-15(25)26/h1-6,8H,7H2,(H,25,26)/p-1. The first-order chi connectivity index (χ1) is 12.4. The van der Waals surface area contributed by atoms with Crippen molar-refractivity contribution in [2.75, 3.05) is 0 Å². The van der Waals surface area contributed by atoms with Gasteiger partial charge in [-0.25, -0.2) is 0 Å². The largest absolute Gasteiger partial charge is 0.514 e. The highest BCUT2D eigenvalue weighted by Gasteiger charge is 2.37. The van der Waals surface area contributed by atoms with Gasteiger partial charge in [-0.05, 0) is 29.8 Å². The zero-order valence-corrected chi connectivity index (χ0v) is 13.1. The molecule has 144 valence electrons. The molecule has 0 aliphatic heterocycles. The Hall–Kier alpha value is -3.04. The molecule has 27 heavy (non-hydrogen) atoms. The van der Waals surface area contributed by atoms with E-state index in [1.54, 1.807) is 0 Å². The van der Waals surface area contributed by atoms with Gasteiger partial charge in [0.05, 0.1) is 16.9 Å². The van der Waals surface area contributed by atoms with Crippen molar-refractivity contribution in [3.8, 4) is 5.75 Å². The number of halogens is 6. The number of hydrogen-bond donors (Lipinski definition) is 0.